The van der Waals surface area contributed by atoms with Gasteiger partial charge in [0.15, 0.2) is 6.61 Å². The molecule has 0 spiro atoms. The number of carbonyl (C=O) groups is 1. The number of H-pyrrole nitrogens is 1. The summed E-state index contributed by atoms with van der Waals surface area (Å²) in [6.45, 7) is 0.00358. The fourth-order valence-corrected chi connectivity index (χ4v) is 3.20. The van der Waals surface area contributed by atoms with Gasteiger partial charge in [-0.2, -0.15) is 5.26 Å². The molecule has 1 unspecified atom stereocenters. The average molecular weight is 398 g/mol. The molecule has 29 heavy (non-hydrogen) atoms. The van der Waals surface area contributed by atoms with Gasteiger partial charge in [-0.25, -0.2) is 18.6 Å². The number of alkyl halides is 2. The topological polar surface area (TPSA) is 91.2 Å². The number of imidazole rings is 1. The van der Waals surface area contributed by atoms with Crippen LogP contribution in [-0.4, -0.2) is 35.2 Å². The van der Waals surface area contributed by atoms with E-state index in [4.69, 9.17) is 9.47 Å². The van der Waals surface area contributed by atoms with E-state index in [-0.39, 0.29) is 17.9 Å². The third-order valence-corrected chi connectivity index (χ3v) is 4.55. The summed E-state index contributed by atoms with van der Waals surface area (Å²) < 4.78 is 36.4. The molecule has 7 nitrogen and oxygen atoms in total. The van der Waals surface area contributed by atoms with Crippen LogP contribution in [0.5, 0.6) is 5.75 Å². The number of aromatic amines is 1. The second kappa shape index (κ2) is 7.05. The molecular formula is C20H16F2N4O3. The molecule has 1 atom stereocenters. The number of nitrogens with zero attached hydrogens (tertiary/aromatic N) is 3. The summed E-state index contributed by atoms with van der Waals surface area (Å²) in [4.78, 5) is 21.0. The molecule has 1 fully saturated rings. The molecule has 9 heteroatoms. The summed E-state index contributed by atoms with van der Waals surface area (Å²) in [7, 11) is 0. The fraction of sp³-hybridized carbons (Fsp3) is 0.250. The number of hydrogen-bond acceptors (Lipinski definition) is 5. The SMILES string of the molecule is CC(F)(F)COc1ccc(C2COC(=O)N2c2ccc3nc[nH]c3c2)cc1C#N. The lowest BCUT2D eigenvalue weighted by Crippen LogP contribution is -2.27. The summed E-state index contributed by atoms with van der Waals surface area (Å²) in [5.74, 6) is -2.95. The number of nitriles is 1. The van der Waals surface area contributed by atoms with Crippen LogP contribution in [0.4, 0.5) is 19.3 Å². The van der Waals surface area contributed by atoms with Crippen molar-refractivity contribution in [1.82, 2.24) is 9.97 Å². The third kappa shape index (κ3) is 3.69. The van der Waals surface area contributed by atoms with Crippen molar-refractivity contribution in [3.8, 4) is 11.8 Å². The Morgan fingerprint density at radius 2 is 2.21 bits per heavy atom. The fourth-order valence-electron chi connectivity index (χ4n) is 3.20. The van der Waals surface area contributed by atoms with E-state index in [1.807, 2.05) is 6.07 Å². The molecule has 0 bridgehead atoms. The van der Waals surface area contributed by atoms with Crippen molar-refractivity contribution in [2.75, 3.05) is 18.1 Å². The van der Waals surface area contributed by atoms with Crippen LogP contribution in [-0.2, 0) is 4.74 Å². The number of halogens is 2. The van der Waals surface area contributed by atoms with Gasteiger partial charge in [0.05, 0.1) is 34.7 Å². The van der Waals surface area contributed by atoms with Crippen LogP contribution >= 0.6 is 0 Å². The molecule has 0 saturated carbocycles. The highest BCUT2D eigenvalue weighted by Crippen LogP contribution is 2.35. The molecule has 0 radical (unpaired) electrons. The van der Waals surface area contributed by atoms with E-state index in [1.165, 1.54) is 17.0 Å². The van der Waals surface area contributed by atoms with Gasteiger partial charge in [-0.1, -0.05) is 6.07 Å². The van der Waals surface area contributed by atoms with Crippen LogP contribution in [0.1, 0.15) is 24.1 Å². The lowest BCUT2D eigenvalue weighted by molar-refractivity contribution is -0.0230. The zero-order valence-electron chi connectivity index (χ0n) is 15.4. The normalized spacial score (nSPS) is 16.7. The minimum atomic E-state index is -3.01. The average Bonchev–Trinajstić information content (AvgIpc) is 3.31. The Labute approximate surface area is 164 Å². The molecule has 2 aromatic carbocycles. The first kappa shape index (κ1) is 18.7. The summed E-state index contributed by atoms with van der Waals surface area (Å²) in [5.41, 5.74) is 2.88. The monoisotopic (exact) mass is 398 g/mol. The van der Waals surface area contributed by atoms with Gasteiger partial charge in [0, 0.05) is 6.92 Å². The number of carbonyl (C=O) groups excluding carboxylic acids is 1. The summed E-state index contributed by atoms with van der Waals surface area (Å²) in [6.07, 6.45) is 1.05. The summed E-state index contributed by atoms with van der Waals surface area (Å²) >= 11 is 0. The first-order chi connectivity index (χ1) is 13.9. The number of hydrogen-bond donors (Lipinski definition) is 1. The highest BCUT2D eigenvalue weighted by molar-refractivity contribution is 5.93. The Bertz CT molecular complexity index is 1120. The molecule has 1 saturated heterocycles. The van der Waals surface area contributed by atoms with Gasteiger partial charge in [-0.3, -0.25) is 4.90 Å². The van der Waals surface area contributed by atoms with E-state index in [1.54, 1.807) is 30.6 Å². The summed E-state index contributed by atoms with van der Waals surface area (Å²) in [5, 5.41) is 9.40. The third-order valence-electron chi connectivity index (χ3n) is 4.55. The minimum absolute atomic E-state index is 0.0634. The number of rotatable bonds is 5. The van der Waals surface area contributed by atoms with Gasteiger partial charge in [0.1, 0.15) is 18.4 Å². The van der Waals surface area contributed by atoms with E-state index >= 15 is 0 Å². The maximum atomic E-state index is 13.1. The number of amides is 1. The molecule has 4 rings (SSSR count). The van der Waals surface area contributed by atoms with Gasteiger partial charge < -0.3 is 14.5 Å². The lowest BCUT2D eigenvalue weighted by Gasteiger charge is -2.22. The van der Waals surface area contributed by atoms with Crippen molar-refractivity contribution >= 4 is 22.8 Å². The van der Waals surface area contributed by atoms with Crippen molar-refractivity contribution in [3.05, 3.63) is 53.9 Å². The Balaban J connectivity index is 1.65. The second-order valence-corrected chi connectivity index (χ2v) is 6.79. The summed E-state index contributed by atoms with van der Waals surface area (Å²) in [6, 6.07) is 11.4. The van der Waals surface area contributed by atoms with E-state index < -0.39 is 24.7 Å². The minimum Gasteiger partial charge on any atom is -0.486 e. The van der Waals surface area contributed by atoms with Crippen molar-refractivity contribution in [2.24, 2.45) is 0 Å². The zero-order chi connectivity index (χ0) is 20.6. The first-order valence-corrected chi connectivity index (χ1v) is 8.79. The van der Waals surface area contributed by atoms with E-state index in [9.17, 15) is 18.8 Å². The van der Waals surface area contributed by atoms with Crippen LogP contribution in [0, 0.1) is 11.3 Å². The van der Waals surface area contributed by atoms with Gasteiger partial charge >= 0.3 is 6.09 Å². The van der Waals surface area contributed by atoms with Crippen LogP contribution in [0.25, 0.3) is 11.0 Å². The zero-order valence-corrected chi connectivity index (χ0v) is 15.4. The second-order valence-electron chi connectivity index (χ2n) is 6.79. The molecule has 1 N–H and O–H groups in total. The number of fused-ring (bicyclic) bond motifs is 1. The predicted molar refractivity (Wildman–Crippen MR) is 99.9 cm³/mol. The highest BCUT2D eigenvalue weighted by atomic mass is 19.3. The molecule has 0 aliphatic carbocycles. The molecular weight excluding hydrogens is 382 g/mol. The number of benzene rings is 2. The largest absolute Gasteiger partial charge is 0.486 e. The number of aromatic nitrogens is 2. The van der Waals surface area contributed by atoms with Crippen molar-refractivity contribution in [2.45, 2.75) is 18.9 Å². The molecule has 148 valence electrons. The quantitative estimate of drug-likeness (QED) is 0.697. The van der Waals surface area contributed by atoms with Crippen molar-refractivity contribution < 1.29 is 23.0 Å². The highest BCUT2D eigenvalue weighted by Gasteiger charge is 2.36. The van der Waals surface area contributed by atoms with Crippen molar-refractivity contribution in [3.63, 3.8) is 0 Å². The Kier molecular flexibility index (Phi) is 4.54. The van der Waals surface area contributed by atoms with Gasteiger partial charge in [0.25, 0.3) is 5.92 Å². The van der Waals surface area contributed by atoms with Crippen LogP contribution in [0.15, 0.2) is 42.7 Å². The van der Waals surface area contributed by atoms with Crippen LogP contribution < -0.4 is 9.64 Å². The first-order valence-electron chi connectivity index (χ1n) is 8.79. The van der Waals surface area contributed by atoms with E-state index in [2.05, 4.69) is 9.97 Å². The van der Waals surface area contributed by atoms with E-state index in [0.717, 1.165) is 18.0 Å². The Hall–Kier alpha value is -3.67. The van der Waals surface area contributed by atoms with Crippen LogP contribution in [0.2, 0.25) is 0 Å². The molecule has 2 heterocycles. The Morgan fingerprint density at radius 1 is 1.38 bits per heavy atom. The van der Waals surface area contributed by atoms with Crippen LogP contribution in [0.3, 0.4) is 0 Å². The number of ether oxygens (including phenoxy) is 2. The molecule has 1 aromatic heterocycles. The molecule has 1 aliphatic rings. The van der Waals surface area contributed by atoms with E-state index in [0.29, 0.717) is 11.3 Å². The van der Waals surface area contributed by atoms with Crippen molar-refractivity contribution in [1.29, 1.82) is 5.26 Å². The molecule has 1 aliphatic heterocycles. The maximum absolute atomic E-state index is 13.1. The number of anilines is 1. The maximum Gasteiger partial charge on any atom is 0.415 e. The molecule has 1 amide bonds. The lowest BCUT2D eigenvalue weighted by atomic mass is 10.0. The predicted octanol–water partition coefficient (Wildman–Crippen LogP) is 4.17. The molecule has 3 aromatic rings. The standard InChI is InChI=1S/C20H16F2N4O3/c1-20(21,22)10-29-18-5-2-12(6-13(18)8-23)17-9-28-19(27)26(17)14-3-4-15-16(7-14)25-11-24-15/h2-7,11,17H,9-10H2,1H3,(H,24,25). The Morgan fingerprint density at radius 3 is 2.97 bits per heavy atom. The number of nitrogens with one attached hydrogen (secondary N) is 1. The van der Waals surface area contributed by atoms with Gasteiger partial charge in [0.2, 0.25) is 0 Å². The number of cyclic esters (lactones) is 1. The smallest absolute Gasteiger partial charge is 0.415 e. The van der Waals surface area contributed by atoms with Gasteiger partial charge in [-0.15, -0.1) is 0 Å². The van der Waals surface area contributed by atoms with Gasteiger partial charge in [-0.05, 0) is 35.9 Å².